The molecule has 0 fully saturated rings. The summed E-state index contributed by atoms with van der Waals surface area (Å²) in [6.45, 7) is 0.0474. The van der Waals surface area contributed by atoms with Crippen molar-refractivity contribution in [3.05, 3.63) is 12.3 Å². The lowest BCUT2D eigenvalue weighted by Crippen LogP contribution is -2.35. The molecule has 0 saturated carbocycles. The van der Waals surface area contributed by atoms with Gasteiger partial charge < -0.3 is 5.32 Å². The van der Waals surface area contributed by atoms with Crippen molar-refractivity contribution in [2.45, 2.75) is 18.0 Å². The molecule has 8 heteroatoms. The minimum Gasteiger partial charge on any atom is -0.388 e. The normalized spacial score (nSPS) is 23.2. The molecule has 4 nitrogen and oxygen atoms in total. The lowest BCUT2D eigenvalue weighted by atomic mass is 10.2. The molecule has 0 aromatic carbocycles. The van der Waals surface area contributed by atoms with Crippen LogP contribution in [-0.2, 0) is 14.3 Å². The Kier molecular flexibility index (Phi) is 3.05. The van der Waals surface area contributed by atoms with Gasteiger partial charge in [-0.3, -0.25) is 4.18 Å². The van der Waals surface area contributed by atoms with Gasteiger partial charge >= 0.3 is 15.6 Å². The lowest BCUT2D eigenvalue weighted by molar-refractivity contribution is -0.0572. The Labute approximate surface area is 78.9 Å². The fourth-order valence-corrected chi connectivity index (χ4v) is 1.51. The van der Waals surface area contributed by atoms with Gasteiger partial charge in [0.1, 0.15) is 0 Å². The van der Waals surface area contributed by atoms with Gasteiger partial charge in [0, 0.05) is 6.54 Å². The molecule has 0 saturated heterocycles. The van der Waals surface area contributed by atoms with E-state index in [0.29, 0.717) is 0 Å². The summed E-state index contributed by atoms with van der Waals surface area (Å²) in [5.74, 6) is 0. The largest absolute Gasteiger partial charge is 0.523 e. The van der Waals surface area contributed by atoms with Gasteiger partial charge in [-0.25, -0.2) is 0 Å². The van der Waals surface area contributed by atoms with E-state index >= 15 is 0 Å². The van der Waals surface area contributed by atoms with Crippen LogP contribution >= 0.6 is 0 Å². The van der Waals surface area contributed by atoms with Crippen LogP contribution in [-0.4, -0.2) is 26.6 Å². The topological polar surface area (TPSA) is 55.4 Å². The molecule has 0 aliphatic carbocycles. The highest BCUT2D eigenvalue weighted by Gasteiger charge is 2.48. The Morgan fingerprint density at radius 2 is 2.07 bits per heavy atom. The van der Waals surface area contributed by atoms with Gasteiger partial charge in [0.15, 0.2) is 0 Å². The van der Waals surface area contributed by atoms with Crippen molar-refractivity contribution in [1.82, 2.24) is 5.32 Å². The number of halogens is 3. The van der Waals surface area contributed by atoms with E-state index in [0.717, 1.165) is 0 Å². The molecule has 1 N–H and O–H groups in total. The highest BCUT2D eigenvalue weighted by Crippen LogP contribution is 2.26. The van der Waals surface area contributed by atoms with E-state index in [1.807, 2.05) is 0 Å². The van der Waals surface area contributed by atoms with Gasteiger partial charge in [-0.1, -0.05) is 6.08 Å². The molecular weight excluding hydrogens is 223 g/mol. The molecular formula is C6H8F3NO3S. The van der Waals surface area contributed by atoms with Crippen LogP contribution < -0.4 is 5.32 Å². The zero-order valence-corrected chi connectivity index (χ0v) is 7.73. The molecule has 14 heavy (non-hydrogen) atoms. The molecule has 1 aliphatic heterocycles. The lowest BCUT2D eigenvalue weighted by Gasteiger charge is -2.19. The fraction of sp³-hybridized carbons (Fsp3) is 0.667. The molecule has 0 radical (unpaired) electrons. The Bertz CT molecular complexity index is 322. The minimum absolute atomic E-state index is 0.0474. The first-order valence-corrected chi connectivity index (χ1v) is 5.12. The smallest absolute Gasteiger partial charge is 0.388 e. The van der Waals surface area contributed by atoms with E-state index < -0.39 is 21.7 Å². The molecule has 0 aromatic heterocycles. The van der Waals surface area contributed by atoms with Gasteiger partial charge in [-0.05, 0) is 12.6 Å². The highest BCUT2D eigenvalue weighted by molar-refractivity contribution is 7.87. The Morgan fingerprint density at radius 1 is 1.43 bits per heavy atom. The summed E-state index contributed by atoms with van der Waals surface area (Å²) in [7, 11) is -5.47. The summed E-state index contributed by atoms with van der Waals surface area (Å²) in [4.78, 5) is 0. The second-order valence-corrected chi connectivity index (χ2v) is 4.23. The van der Waals surface area contributed by atoms with E-state index in [4.69, 9.17) is 0 Å². The van der Waals surface area contributed by atoms with Crippen LogP contribution in [0.15, 0.2) is 12.3 Å². The molecule has 0 aromatic rings. The van der Waals surface area contributed by atoms with Gasteiger partial charge in [0.05, 0.1) is 6.10 Å². The fourth-order valence-electron chi connectivity index (χ4n) is 0.893. The van der Waals surface area contributed by atoms with Crippen molar-refractivity contribution >= 4 is 10.1 Å². The van der Waals surface area contributed by atoms with Crippen molar-refractivity contribution in [3.8, 4) is 0 Å². The molecule has 1 rings (SSSR count). The van der Waals surface area contributed by atoms with E-state index in [9.17, 15) is 21.6 Å². The van der Waals surface area contributed by atoms with Crippen molar-refractivity contribution in [3.63, 3.8) is 0 Å². The number of alkyl halides is 3. The zero-order chi connectivity index (χ0) is 10.8. The van der Waals surface area contributed by atoms with Crippen LogP contribution in [0.3, 0.4) is 0 Å². The molecule has 1 aliphatic rings. The monoisotopic (exact) mass is 231 g/mol. The summed E-state index contributed by atoms with van der Waals surface area (Å²) in [5, 5.41) is 2.57. The maximum Gasteiger partial charge on any atom is 0.523 e. The maximum absolute atomic E-state index is 11.8. The molecule has 1 unspecified atom stereocenters. The predicted octanol–water partition coefficient (Wildman–Crippen LogP) is 0.728. The average molecular weight is 231 g/mol. The van der Waals surface area contributed by atoms with Gasteiger partial charge in [-0.2, -0.15) is 21.6 Å². The van der Waals surface area contributed by atoms with Crippen molar-refractivity contribution in [1.29, 1.82) is 0 Å². The van der Waals surface area contributed by atoms with Crippen LogP contribution in [0.5, 0.6) is 0 Å². The standard InChI is InChI=1S/C6H8F3NO3S/c7-6(8,9)14(11,12)13-5-2-1-3-10-4-5/h1,3,5,10H,2,4H2. The van der Waals surface area contributed by atoms with Crippen molar-refractivity contribution < 1.29 is 25.8 Å². The second-order valence-electron chi connectivity index (χ2n) is 2.66. The van der Waals surface area contributed by atoms with Crippen LogP contribution in [0.1, 0.15) is 6.42 Å². The number of rotatable bonds is 2. The molecule has 0 bridgehead atoms. The summed E-state index contributed by atoms with van der Waals surface area (Å²) in [6, 6.07) is 0. The first-order valence-electron chi connectivity index (χ1n) is 3.71. The number of hydrogen-bond acceptors (Lipinski definition) is 4. The first-order chi connectivity index (χ1) is 6.33. The van der Waals surface area contributed by atoms with Crippen LogP contribution in [0, 0.1) is 0 Å². The predicted molar refractivity (Wildman–Crippen MR) is 41.6 cm³/mol. The minimum atomic E-state index is -5.47. The maximum atomic E-state index is 11.8. The summed E-state index contributed by atoms with van der Waals surface area (Å²) in [5.41, 5.74) is -5.35. The Hall–Kier alpha value is -0.760. The first kappa shape index (κ1) is 11.3. The molecule has 1 heterocycles. The third-order valence-corrected chi connectivity index (χ3v) is 2.62. The van der Waals surface area contributed by atoms with E-state index in [1.54, 1.807) is 0 Å². The molecule has 0 spiro atoms. The Balaban J connectivity index is 2.64. The van der Waals surface area contributed by atoms with Crippen LogP contribution in [0.25, 0.3) is 0 Å². The van der Waals surface area contributed by atoms with Crippen molar-refractivity contribution in [2.75, 3.05) is 6.54 Å². The van der Waals surface area contributed by atoms with Gasteiger partial charge in [-0.15, -0.1) is 0 Å². The molecule has 1 atom stereocenters. The Morgan fingerprint density at radius 3 is 2.50 bits per heavy atom. The quantitative estimate of drug-likeness (QED) is 0.562. The van der Waals surface area contributed by atoms with E-state index in [1.165, 1.54) is 12.3 Å². The highest BCUT2D eigenvalue weighted by atomic mass is 32.2. The van der Waals surface area contributed by atoms with Gasteiger partial charge in [0.2, 0.25) is 0 Å². The molecule has 0 amide bonds. The second kappa shape index (κ2) is 3.77. The number of hydrogen-bond donors (Lipinski definition) is 1. The van der Waals surface area contributed by atoms with Crippen molar-refractivity contribution in [2.24, 2.45) is 0 Å². The van der Waals surface area contributed by atoms with E-state index in [2.05, 4.69) is 9.50 Å². The zero-order valence-electron chi connectivity index (χ0n) is 6.91. The third-order valence-electron chi connectivity index (χ3n) is 1.53. The SMILES string of the molecule is O=S(=O)(OC1CC=CNC1)C(F)(F)F. The third kappa shape index (κ3) is 2.61. The summed E-state index contributed by atoms with van der Waals surface area (Å²) < 4.78 is 60.5. The average Bonchev–Trinajstić information content (AvgIpc) is 2.03. The molecule has 82 valence electrons. The van der Waals surface area contributed by atoms with Crippen LogP contribution in [0.2, 0.25) is 0 Å². The number of nitrogens with one attached hydrogen (secondary N) is 1. The van der Waals surface area contributed by atoms with Gasteiger partial charge in [0.25, 0.3) is 0 Å². The summed E-state index contributed by atoms with van der Waals surface area (Å²) >= 11 is 0. The summed E-state index contributed by atoms with van der Waals surface area (Å²) in [6.07, 6.45) is 2.18. The van der Waals surface area contributed by atoms with Crippen LogP contribution in [0.4, 0.5) is 13.2 Å². The van der Waals surface area contributed by atoms with E-state index in [-0.39, 0.29) is 13.0 Å².